The van der Waals surface area contributed by atoms with Crippen LogP contribution in [0.3, 0.4) is 0 Å². The number of rotatable bonds is 7. The molecule has 1 atom stereocenters. The molecule has 0 aliphatic rings. The lowest BCUT2D eigenvalue weighted by Gasteiger charge is -2.08. The van der Waals surface area contributed by atoms with Gasteiger partial charge in [0.15, 0.2) is 0 Å². The van der Waals surface area contributed by atoms with Crippen LogP contribution in [0.5, 0.6) is 0 Å². The van der Waals surface area contributed by atoms with Gasteiger partial charge >= 0.3 is 0 Å². The molecular weight excluding hydrogens is 241 g/mol. The van der Waals surface area contributed by atoms with Crippen molar-refractivity contribution in [2.24, 2.45) is 5.73 Å². The first-order valence-corrected chi connectivity index (χ1v) is 6.97. The summed E-state index contributed by atoms with van der Waals surface area (Å²) in [4.78, 5) is 0. The highest BCUT2D eigenvalue weighted by Gasteiger charge is 2.07. The molecule has 96 valence electrons. The Labute approximate surface area is 104 Å². The molecule has 1 rings (SSSR count). The van der Waals surface area contributed by atoms with Gasteiger partial charge in [0.05, 0.1) is 0 Å². The van der Waals surface area contributed by atoms with Gasteiger partial charge in [0, 0.05) is 42.6 Å². The van der Waals surface area contributed by atoms with Gasteiger partial charge in [0.1, 0.15) is 5.82 Å². The highest BCUT2D eigenvalue weighted by Crippen LogP contribution is 2.13. The number of hydrogen-bond acceptors (Lipinski definition) is 3. The first-order chi connectivity index (χ1) is 8.17. The van der Waals surface area contributed by atoms with Crippen molar-refractivity contribution in [1.82, 2.24) is 0 Å². The fourth-order valence-corrected chi connectivity index (χ4v) is 2.74. The van der Waals surface area contributed by atoms with Crippen LogP contribution in [0.1, 0.15) is 17.5 Å². The Morgan fingerprint density at radius 3 is 2.82 bits per heavy atom. The molecule has 0 aliphatic heterocycles. The van der Waals surface area contributed by atoms with E-state index in [0.717, 1.165) is 17.5 Å². The van der Waals surface area contributed by atoms with Gasteiger partial charge in [-0.15, -0.1) is 0 Å². The smallest absolute Gasteiger partial charge is 0.123 e. The van der Waals surface area contributed by atoms with Crippen molar-refractivity contribution < 1.29 is 13.3 Å². The van der Waals surface area contributed by atoms with Crippen LogP contribution < -0.4 is 5.73 Å². The van der Waals surface area contributed by atoms with E-state index < -0.39 is 10.8 Å². The summed E-state index contributed by atoms with van der Waals surface area (Å²) in [5, 5.41) is 0. The van der Waals surface area contributed by atoms with E-state index in [4.69, 9.17) is 10.5 Å². The predicted molar refractivity (Wildman–Crippen MR) is 67.5 cm³/mol. The van der Waals surface area contributed by atoms with Gasteiger partial charge < -0.3 is 10.5 Å². The van der Waals surface area contributed by atoms with Crippen LogP contribution >= 0.6 is 0 Å². The summed E-state index contributed by atoms with van der Waals surface area (Å²) >= 11 is 0. The lowest BCUT2D eigenvalue weighted by molar-refractivity contribution is 0.200. The van der Waals surface area contributed by atoms with Crippen molar-refractivity contribution in [2.45, 2.75) is 18.7 Å². The minimum absolute atomic E-state index is 0.314. The molecule has 0 amide bonds. The normalized spacial score (nSPS) is 12.6. The molecule has 0 fully saturated rings. The van der Waals surface area contributed by atoms with Crippen molar-refractivity contribution in [3.05, 3.63) is 35.1 Å². The Bertz CT molecular complexity index is 385. The second-order valence-corrected chi connectivity index (χ2v) is 5.33. The zero-order chi connectivity index (χ0) is 12.7. The van der Waals surface area contributed by atoms with Crippen molar-refractivity contribution in [3.8, 4) is 0 Å². The van der Waals surface area contributed by atoms with Gasteiger partial charge in [-0.1, -0.05) is 6.07 Å². The number of methoxy groups -OCH3 is 1. The van der Waals surface area contributed by atoms with Crippen LogP contribution in [0.2, 0.25) is 0 Å². The van der Waals surface area contributed by atoms with E-state index in [-0.39, 0.29) is 5.82 Å². The summed E-state index contributed by atoms with van der Waals surface area (Å²) in [6, 6.07) is 4.44. The number of benzene rings is 1. The van der Waals surface area contributed by atoms with Crippen molar-refractivity contribution in [3.63, 3.8) is 0 Å². The van der Waals surface area contributed by atoms with Crippen LogP contribution in [0.25, 0.3) is 0 Å². The summed E-state index contributed by atoms with van der Waals surface area (Å²) in [6.45, 7) is 0.934. The average molecular weight is 259 g/mol. The van der Waals surface area contributed by atoms with Gasteiger partial charge in [-0.25, -0.2) is 4.39 Å². The second kappa shape index (κ2) is 7.53. The van der Waals surface area contributed by atoms with Gasteiger partial charge in [-0.2, -0.15) is 0 Å². The summed E-state index contributed by atoms with van der Waals surface area (Å²) < 4.78 is 29.7. The van der Waals surface area contributed by atoms with E-state index in [1.165, 1.54) is 12.1 Å². The van der Waals surface area contributed by atoms with E-state index in [1.54, 1.807) is 13.2 Å². The molecule has 0 bridgehead atoms. The molecule has 0 spiro atoms. The molecule has 3 nitrogen and oxygen atoms in total. The van der Waals surface area contributed by atoms with E-state index in [0.29, 0.717) is 24.7 Å². The standard InChI is InChI=1S/C12H18FNO2S/c1-16-5-2-6-17(15)9-11-7-12(13)4-3-10(11)8-14/h3-4,7H,2,5-6,8-9,14H2,1H3. The lowest BCUT2D eigenvalue weighted by atomic mass is 10.1. The van der Waals surface area contributed by atoms with Crippen LogP contribution in [0.15, 0.2) is 18.2 Å². The van der Waals surface area contributed by atoms with E-state index in [9.17, 15) is 8.60 Å². The predicted octanol–water partition coefficient (Wildman–Crippen LogP) is 1.57. The van der Waals surface area contributed by atoms with E-state index >= 15 is 0 Å². The van der Waals surface area contributed by atoms with Crippen LogP contribution in [-0.2, 0) is 27.8 Å². The molecule has 0 saturated carbocycles. The van der Waals surface area contributed by atoms with Crippen LogP contribution in [0.4, 0.5) is 4.39 Å². The largest absolute Gasteiger partial charge is 0.385 e. The number of hydrogen-bond donors (Lipinski definition) is 1. The molecule has 17 heavy (non-hydrogen) atoms. The molecule has 1 aromatic rings. The number of nitrogens with two attached hydrogens (primary N) is 1. The van der Waals surface area contributed by atoms with Gasteiger partial charge in [-0.05, 0) is 29.7 Å². The van der Waals surface area contributed by atoms with Crippen LogP contribution in [0, 0.1) is 5.82 Å². The molecule has 0 radical (unpaired) electrons. The summed E-state index contributed by atoms with van der Waals surface area (Å²) in [5.41, 5.74) is 7.15. The fourth-order valence-electron chi connectivity index (χ4n) is 1.54. The van der Waals surface area contributed by atoms with Gasteiger partial charge in [0.25, 0.3) is 0 Å². The third-order valence-corrected chi connectivity index (χ3v) is 3.80. The SMILES string of the molecule is COCCCS(=O)Cc1cc(F)ccc1CN. The maximum absolute atomic E-state index is 13.1. The molecule has 1 aromatic carbocycles. The van der Waals surface area contributed by atoms with Crippen molar-refractivity contribution >= 4 is 10.8 Å². The molecule has 0 aromatic heterocycles. The Balaban J connectivity index is 2.60. The minimum atomic E-state index is -0.995. The highest BCUT2D eigenvalue weighted by atomic mass is 32.2. The average Bonchev–Trinajstić information content (AvgIpc) is 2.29. The Morgan fingerprint density at radius 2 is 2.18 bits per heavy atom. The summed E-state index contributed by atoms with van der Waals surface area (Å²) in [5.74, 6) is 0.605. The zero-order valence-corrected chi connectivity index (χ0v) is 10.8. The Kier molecular flexibility index (Phi) is 6.32. The molecule has 0 heterocycles. The number of halogens is 1. The summed E-state index contributed by atoms with van der Waals surface area (Å²) in [6.07, 6.45) is 0.746. The Hall–Kier alpha value is -0.780. The van der Waals surface area contributed by atoms with Crippen molar-refractivity contribution in [2.75, 3.05) is 19.5 Å². The maximum Gasteiger partial charge on any atom is 0.123 e. The first kappa shape index (κ1) is 14.3. The van der Waals surface area contributed by atoms with Gasteiger partial charge in [0.2, 0.25) is 0 Å². The minimum Gasteiger partial charge on any atom is -0.385 e. The van der Waals surface area contributed by atoms with E-state index in [1.807, 2.05) is 0 Å². The molecule has 1 unspecified atom stereocenters. The monoisotopic (exact) mass is 259 g/mol. The van der Waals surface area contributed by atoms with Gasteiger partial charge in [-0.3, -0.25) is 4.21 Å². The summed E-state index contributed by atoms with van der Waals surface area (Å²) in [7, 11) is 0.618. The second-order valence-electron chi connectivity index (χ2n) is 3.75. The molecule has 0 aliphatic carbocycles. The van der Waals surface area contributed by atoms with E-state index in [2.05, 4.69) is 0 Å². The molecular formula is C12H18FNO2S. The first-order valence-electron chi connectivity index (χ1n) is 5.48. The topological polar surface area (TPSA) is 52.3 Å². The third-order valence-electron chi connectivity index (χ3n) is 2.43. The fraction of sp³-hybridized carbons (Fsp3) is 0.500. The number of ether oxygens (including phenoxy) is 1. The van der Waals surface area contributed by atoms with Crippen molar-refractivity contribution in [1.29, 1.82) is 0 Å². The molecule has 5 heteroatoms. The highest BCUT2D eigenvalue weighted by molar-refractivity contribution is 7.84. The quantitative estimate of drug-likeness (QED) is 0.756. The molecule has 0 saturated heterocycles. The zero-order valence-electron chi connectivity index (χ0n) is 9.95. The van der Waals surface area contributed by atoms with Crippen LogP contribution in [-0.4, -0.2) is 23.7 Å². The Morgan fingerprint density at radius 1 is 1.41 bits per heavy atom. The third kappa shape index (κ3) is 4.93. The molecule has 2 N–H and O–H groups in total. The maximum atomic E-state index is 13.1. The lowest BCUT2D eigenvalue weighted by Crippen LogP contribution is -2.08.